The van der Waals surface area contributed by atoms with Crippen molar-refractivity contribution in [3.8, 4) is 0 Å². The van der Waals surface area contributed by atoms with Crippen molar-refractivity contribution in [2.45, 2.75) is 89.7 Å². The van der Waals surface area contributed by atoms with Crippen LogP contribution in [0.4, 0.5) is 26.5 Å². The maximum atomic E-state index is 15.1. The number of halogens is 1. The van der Waals surface area contributed by atoms with E-state index in [4.69, 9.17) is 9.47 Å². The highest BCUT2D eigenvalue weighted by Gasteiger charge is 2.35. The number of rotatable bonds is 8. The van der Waals surface area contributed by atoms with E-state index in [1.54, 1.807) is 23.2 Å². The van der Waals surface area contributed by atoms with Crippen molar-refractivity contribution in [1.82, 2.24) is 25.1 Å². The van der Waals surface area contributed by atoms with E-state index in [0.717, 1.165) is 61.5 Å². The Balaban J connectivity index is 0.840. The van der Waals surface area contributed by atoms with Gasteiger partial charge >= 0.3 is 6.09 Å². The quantitative estimate of drug-likeness (QED) is 0.309. The van der Waals surface area contributed by atoms with Crippen LogP contribution in [0, 0.1) is 5.82 Å². The van der Waals surface area contributed by atoms with Gasteiger partial charge in [-0.25, -0.2) is 19.2 Å². The van der Waals surface area contributed by atoms with Crippen LogP contribution in [0.3, 0.4) is 0 Å². The fourth-order valence-electron chi connectivity index (χ4n) is 7.16. The number of fused-ring (bicyclic) bond motifs is 1. The lowest BCUT2D eigenvalue weighted by Gasteiger charge is -2.48. The Morgan fingerprint density at radius 2 is 1.78 bits per heavy atom. The van der Waals surface area contributed by atoms with E-state index in [1.807, 2.05) is 32.9 Å². The van der Waals surface area contributed by atoms with Gasteiger partial charge in [0.25, 0.3) is 0 Å². The molecule has 1 aromatic heterocycles. The molecule has 1 atom stereocenters. The minimum Gasteiger partial charge on any atom is -0.444 e. The zero-order valence-electron chi connectivity index (χ0n) is 29.5. The van der Waals surface area contributed by atoms with Crippen molar-refractivity contribution in [3.05, 3.63) is 76.9 Å². The number of piperidine rings is 2. The van der Waals surface area contributed by atoms with Crippen LogP contribution in [0.25, 0.3) is 0 Å². The molecule has 3 aromatic rings. The van der Waals surface area contributed by atoms with Crippen LogP contribution < -0.4 is 15.5 Å². The largest absolute Gasteiger partial charge is 0.444 e. The molecule has 0 spiro atoms. The average Bonchev–Trinajstić information content (AvgIpc) is 3.07. The maximum Gasteiger partial charge on any atom is 0.410 e. The normalized spacial score (nSPS) is 20.4. The Labute approximate surface area is 297 Å². The highest BCUT2D eigenvalue weighted by Crippen LogP contribution is 2.31. The molecule has 3 amide bonds. The van der Waals surface area contributed by atoms with Crippen LogP contribution in [0.15, 0.2) is 48.7 Å². The van der Waals surface area contributed by atoms with E-state index in [0.29, 0.717) is 55.6 Å². The zero-order valence-corrected chi connectivity index (χ0v) is 29.5. The van der Waals surface area contributed by atoms with Gasteiger partial charge in [0.1, 0.15) is 11.4 Å². The number of ether oxygens (including phenoxy) is 2. The fraction of sp³-hybridized carbons (Fsp3) is 0.500. The van der Waals surface area contributed by atoms with Crippen molar-refractivity contribution in [2.75, 3.05) is 42.9 Å². The first-order valence-electron chi connectivity index (χ1n) is 17.9. The van der Waals surface area contributed by atoms with E-state index in [9.17, 15) is 14.4 Å². The molecule has 7 rings (SSSR count). The van der Waals surface area contributed by atoms with Gasteiger partial charge in [0.05, 0.1) is 30.9 Å². The predicted octanol–water partition coefficient (Wildman–Crippen LogP) is 5.04. The van der Waals surface area contributed by atoms with Gasteiger partial charge in [0, 0.05) is 68.3 Å². The van der Waals surface area contributed by atoms with Crippen LogP contribution in [-0.2, 0) is 38.6 Å². The van der Waals surface area contributed by atoms with Gasteiger partial charge in [-0.2, -0.15) is 0 Å². The molecule has 2 aromatic carbocycles. The molecular formula is C38H46FN7O5. The molecular weight excluding hydrogens is 653 g/mol. The number of hydrogen-bond acceptors (Lipinski definition) is 10. The average molecular weight is 700 g/mol. The van der Waals surface area contributed by atoms with Gasteiger partial charge in [-0.15, -0.1) is 0 Å². The third-order valence-corrected chi connectivity index (χ3v) is 10.1. The Bertz CT molecular complexity index is 1770. The number of hydrogen-bond donors (Lipinski definition) is 2. The van der Waals surface area contributed by atoms with Gasteiger partial charge in [-0.1, -0.05) is 18.2 Å². The van der Waals surface area contributed by atoms with Crippen molar-refractivity contribution in [3.63, 3.8) is 0 Å². The molecule has 1 unspecified atom stereocenters. The molecule has 0 saturated carbocycles. The van der Waals surface area contributed by atoms with E-state index in [1.165, 1.54) is 6.07 Å². The standard InChI is InChI=1S/C38H46FN7O5/c1-38(2,3)51-37(49)45-15-12-25-19-40-36(42-33(25)22-45)41-27-7-4-26(32(39)18-27)23-50-30-13-16-44(17-14-30)29-20-46(21-29)28-8-5-24(6-9-28)31-10-11-34(47)43-35(31)48/h4-9,18-19,29-31H,10-17,20-23H2,1-3H3,(H,40,41,42)(H,43,47,48). The van der Waals surface area contributed by atoms with Crippen LogP contribution in [0.5, 0.6) is 0 Å². The predicted molar refractivity (Wildman–Crippen MR) is 189 cm³/mol. The number of benzene rings is 2. The summed E-state index contributed by atoms with van der Waals surface area (Å²) in [6.07, 6.45) is 4.85. The SMILES string of the molecule is CC(C)(C)OC(=O)N1CCc2cnc(Nc3ccc(COC4CCN(C5CN(c6ccc(C7CCC(=O)NC7=O)cc6)C5)CC4)c(F)c3)nc2C1. The molecule has 3 fully saturated rings. The van der Waals surface area contributed by atoms with Crippen molar-refractivity contribution in [2.24, 2.45) is 0 Å². The number of nitrogens with one attached hydrogen (secondary N) is 2. The van der Waals surface area contributed by atoms with Crippen LogP contribution in [0.2, 0.25) is 0 Å². The minimum absolute atomic E-state index is 0.0820. The molecule has 51 heavy (non-hydrogen) atoms. The highest BCUT2D eigenvalue weighted by molar-refractivity contribution is 6.00. The van der Waals surface area contributed by atoms with Crippen LogP contribution >= 0.6 is 0 Å². The van der Waals surface area contributed by atoms with E-state index in [2.05, 4.69) is 42.5 Å². The number of nitrogens with zero attached hydrogens (tertiary/aromatic N) is 5. The Hall–Kier alpha value is -4.62. The molecule has 0 aliphatic carbocycles. The summed E-state index contributed by atoms with van der Waals surface area (Å²) >= 11 is 0. The van der Waals surface area contributed by atoms with Gasteiger partial charge < -0.3 is 24.6 Å². The van der Waals surface area contributed by atoms with Crippen LogP contribution in [0.1, 0.15) is 74.8 Å². The summed E-state index contributed by atoms with van der Waals surface area (Å²) in [4.78, 5) is 51.8. The fourth-order valence-corrected chi connectivity index (χ4v) is 7.16. The second-order valence-electron chi connectivity index (χ2n) is 14.9. The molecule has 0 bridgehead atoms. The molecule has 0 radical (unpaired) electrons. The molecule has 4 aliphatic heterocycles. The second-order valence-corrected chi connectivity index (χ2v) is 14.9. The first kappa shape index (κ1) is 34.8. The molecule has 4 aliphatic rings. The number of amides is 3. The summed E-state index contributed by atoms with van der Waals surface area (Å²) in [7, 11) is 0. The van der Waals surface area contributed by atoms with Crippen LogP contribution in [-0.4, -0.2) is 88.1 Å². The third-order valence-electron chi connectivity index (χ3n) is 10.1. The summed E-state index contributed by atoms with van der Waals surface area (Å²) in [6.45, 7) is 10.4. The Morgan fingerprint density at radius 1 is 1.02 bits per heavy atom. The molecule has 5 heterocycles. The van der Waals surface area contributed by atoms with Crippen molar-refractivity contribution in [1.29, 1.82) is 0 Å². The zero-order chi connectivity index (χ0) is 35.7. The monoisotopic (exact) mass is 699 g/mol. The summed E-state index contributed by atoms with van der Waals surface area (Å²) in [6, 6.07) is 13.6. The van der Waals surface area contributed by atoms with Gasteiger partial charge in [0.15, 0.2) is 0 Å². The molecule has 13 heteroatoms. The highest BCUT2D eigenvalue weighted by atomic mass is 19.1. The van der Waals surface area contributed by atoms with Gasteiger partial charge in [0.2, 0.25) is 17.8 Å². The first-order chi connectivity index (χ1) is 24.5. The second kappa shape index (κ2) is 14.5. The summed E-state index contributed by atoms with van der Waals surface area (Å²) in [5, 5.41) is 5.54. The van der Waals surface area contributed by atoms with Crippen molar-refractivity contribution < 1.29 is 28.2 Å². The van der Waals surface area contributed by atoms with Gasteiger partial charge in [-0.05, 0) is 81.8 Å². The third kappa shape index (κ3) is 8.31. The topological polar surface area (TPSA) is 129 Å². The maximum absolute atomic E-state index is 15.1. The number of likely N-dealkylation sites (tertiary alicyclic amines) is 1. The minimum atomic E-state index is -0.575. The van der Waals surface area contributed by atoms with E-state index < -0.39 is 5.60 Å². The Kier molecular flexibility index (Phi) is 9.93. The smallest absolute Gasteiger partial charge is 0.410 e. The molecule has 270 valence electrons. The Morgan fingerprint density at radius 3 is 2.49 bits per heavy atom. The number of carbonyl (C=O) groups is 3. The van der Waals surface area contributed by atoms with E-state index >= 15 is 4.39 Å². The lowest BCUT2D eigenvalue weighted by atomic mass is 9.90. The molecule has 3 saturated heterocycles. The lowest BCUT2D eigenvalue weighted by Crippen LogP contribution is -2.61. The number of aromatic nitrogens is 2. The summed E-state index contributed by atoms with van der Waals surface area (Å²) < 4.78 is 26.8. The van der Waals surface area contributed by atoms with Gasteiger partial charge in [-0.3, -0.25) is 19.8 Å². The van der Waals surface area contributed by atoms with E-state index in [-0.39, 0.29) is 42.4 Å². The number of imide groups is 1. The molecule has 2 N–H and O–H groups in total. The first-order valence-corrected chi connectivity index (χ1v) is 17.9. The van der Waals surface area contributed by atoms with Crippen molar-refractivity contribution >= 4 is 35.2 Å². The number of carbonyl (C=O) groups excluding carboxylic acids is 3. The molecule has 12 nitrogen and oxygen atoms in total. The summed E-state index contributed by atoms with van der Waals surface area (Å²) in [5.41, 5.74) is 4.28. The lowest BCUT2D eigenvalue weighted by molar-refractivity contribution is -0.134. The summed E-state index contributed by atoms with van der Waals surface area (Å²) in [5.74, 6) is -0.682. The number of anilines is 3.